The molecule has 0 aliphatic rings. The minimum atomic E-state index is -3.83. The molecule has 0 unspecified atom stereocenters. The lowest BCUT2D eigenvalue weighted by atomic mass is 10.1. The van der Waals surface area contributed by atoms with Crippen LogP contribution in [0.5, 0.6) is 0 Å². The number of nitro groups is 1. The molecule has 0 heterocycles. The van der Waals surface area contributed by atoms with Gasteiger partial charge in [0.1, 0.15) is 0 Å². The summed E-state index contributed by atoms with van der Waals surface area (Å²) in [6.45, 7) is -0.00270. The van der Waals surface area contributed by atoms with Crippen molar-refractivity contribution in [2.45, 2.75) is 10.9 Å². The fraction of sp³-hybridized carbons (Fsp3) is 0.200. The van der Waals surface area contributed by atoms with E-state index in [4.69, 9.17) is 28.9 Å². The third kappa shape index (κ3) is 4.47. The van der Waals surface area contributed by atoms with Crippen molar-refractivity contribution in [3.05, 3.63) is 68.2 Å². The highest BCUT2D eigenvalue weighted by atomic mass is 35.5. The lowest BCUT2D eigenvalue weighted by Crippen LogP contribution is -2.34. The summed E-state index contributed by atoms with van der Waals surface area (Å²) in [5.74, 6) is 0. The molecule has 0 aliphatic heterocycles. The van der Waals surface area contributed by atoms with Crippen molar-refractivity contribution in [2.75, 3.05) is 13.6 Å². The van der Waals surface area contributed by atoms with Crippen LogP contribution in [0.25, 0.3) is 0 Å². The summed E-state index contributed by atoms with van der Waals surface area (Å²) < 4.78 is 26.2. The van der Waals surface area contributed by atoms with E-state index < -0.39 is 21.0 Å². The maximum Gasteiger partial charge on any atom is 0.269 e. The van der Waals surface area contributed by atoms with Gasteiger partial charge in [-0.1, -0.05) is 29.3 Å². The second-order valence-corrected chi connectivity index (χ2v) is 8.18. The molecule has 2 rings (SSSR count). The second kappa shape index (κ2) is 7.67. The van der Waals surface area contributed by atoms with Gasteiger partial charge in [-0.15, -0.1) is 0 Å². The van der Waals surface area contributed by atoms with E-state index in [1.165, 1.54) is 19.2 Å². The number of nitrogens with two attached hydrogens (primary N) is 1. The number of halogens is 2. The Kier molecular flexibility index (Phi) is 6.02. The minimum Gasteiger partial charge on any atom is -0.323 e. The number of nitrogens with zero attached hydrogens (tertiary/aromatic N) is 2. The van der Waals surface area contributed by atoms with Crippen LogP contribution in [0.15, 0.2) is 47.4 Å². The van der Waals surface area contributed by atoms with Gasteiger partial charge in [0.05, 0.1) is 19.9 Å². The van der Waals surface area contributed by atoms with Crippen LogP contribution in [0.2, 0.25) is 10.0 Å². The van der Waals surface area contributed by atoms with E-state index in [1.807, 2.05) is 0 Å². The zero-order valence-corrected chi connectivity index (χ0v) is 15.4. The highest BCUT2D eigenvalue weighted by Gasteiger charge is 2.24. The Bertz CT molecular complexity index is 888. The average molecular weight is 404 g/mol. The second-order valence-electron chi connectivity index (χ2n) is 5.32. The zero-order valence-electron chi connectivity index (χ0n) is 13.1. The van der Waals surface area contributed by atoms with Crippen molar-refractivity contribution in [1.82, 2.24) is 4.31 Å². The van der Waals surface area contributed by atoms with E-state index in [9.17, 15) is 18.5 Å². The van der Waals surface area contributed by atoms with E-state index in [1.54, 1.807) is 18.2 Å². The fourth-order valence-electron chi connectivity index (χ4n) is 2.14. The average Bonchev–Trinajstić information content (AvgIpc) is 2.57. The first kappa shape index (κ1) is 19.6. The van der Waals surface area contributed by atoms with Crippen LogP contribution in [0.1, 0.15) is 11.6 Å². The summed E-state index contributed by atoms with van der Waals surface area (Å²) >= 11 is 11.8. The van der Waals surface area contributed by atoms with Crippen molar-refractivity contribution in [1.29, 1.82) is 0 Å². The predicted molar refractivity (Wildman–Crippen MR) is 96.3 cm³/mol. The van der Waals surface area contributed by atoms with Crippen LogP contribution in [0.4, 0.5) is 5.69 Å². The quantitative estimate of drug-likeness (QED) is 0.588. The molecule has 1 atom stereocenters. The lowest BCUT2D eigenvalue weighted by Gasteiger charge is -2.21. The van der Waals surface area contributed by atoms with Crippen molar-refractivity contribution in [3.63, 3.8) is 0 Å². The minimum absolute atomic E-state index is 0.00270. The molecule has 0 saturated carbocycles. The number of likely N-dealkylation sites (N-methyl/N-ethyl adjacent to an activating group) is 1. The number of hydrogen-bond donors (Lipinski definition) is 1. The molecule has 0 fully saturated rings. The van der Waals surface area contributed by atoms with Crippen LogP contribution in [-0.4, -0.2) is 31.2 Å². The smallest absolute Gasteiger partial charge is 0.269 e. The Hall–Kier alpha value is -1.71. The van der Waals surface area contributed by atoms with Gasteiger partial charge >= 0.3 is 0 Å². The molecule has 0 amide bonds. The Morgan fingerprint density at radius 1 is 1.16 bits per heavy atom. The number of nitro benzene ring substituents is 1. The largest absolute Gasteiger partial charge is 0.323 e. The molecule has 0 bridgehead atoms. The Labute approximate surface area is 155 Å². The first-order valence-electron chi connectivity index (χ1n) is 7.04. The van der Waals surface area contributed by atoms with E-state index in [0.29, 0.717) is 15.6 Å². The fourth-order valence-corrected chi connectivity index (χ4v) is 3.65. The standard InChI is InChI=1S/C15H15Cl2N3O4S/c1-19(9-15(18)10-2-7-13(16)14(17)8-10)25(23,24)12-5-3-11(4-6-12)20(21)22/h2-8,15H,9,18H2,1H3/t15-/m0/s1. The highest BCUT2D eigenvalue weighted by molar-refractivity contribution is 7.89. The van der Waals surface area contributed by atoms with Crippen LogP contribution in [0, 0.1) is 10.1 Å². The van der Waals surface area contributed by atoms with E-state index >= 15 is 0 Å². The SMILES string of the molecule is CN(C[C@H](N)c1ccc(Cl)c(Cl)c1)S(=O)(=O)c1ccc([N+](=O)[O-])cc1. The van der Waals surface area contributed by atoms with Crippen molar-refractivity contribution in [2.24, 2.45) is 5.73 Å². The summed E-state index contributed by atoms with van der Waals surface area (Å²) in [5, 5.41) is 11.4. The number of sulfonamides is 1. The van der Waals surface area contributed by atoms with Gasteiger partial charge in [-0.3, -0.25) is 10.1 Å². The molecule has 2 aromatic rings. The molecule has 0 saturated heterocycles. The summed E-state index contributed by atoms with van der Waals surface area (Å²) in [4.78, 5) is 10.0. The molecule has 0 aromatic heterocycles. The number of non-ortho nitro benzene ring substituents is 1. The van der Waals surface area contributed by atoms with Gasteiger partial charge < -0.3 is 5.73 Å². The van der Waals surface area contributed by atoms with Gasteiger partial charge in [0.25, 0.3) is 5.69 Å². The number of hydrogen-bond acceptors (Lipinski definition) is 5. The Morgan fingerprint density at radius 2 is 1.76 bits per heavy atom. The molecule has 0 aliphatic carbocycles. The van der Waals surface area contributed by atoms with Gasteiger partial charge in [0.2, 0.25) is 10.0 Å². The molecule has 134 valence electrons. The van der Waals surface area contributed by atoms with Gasteiger partial charge in [-0.2, -0.15) is 4.31 Å². The molecule has 0 radical (unpaired) electrons. The van der Waals surface area contributed by atoms with E-state index in [-0.39, 0.29) is 17.1 Å². The van der Waals surface area contributed by atoms with E-state index in [2.05, 4.69) is 0 Å². The summed E-state index contributed by atoms with van der Waals surface area (Å²) in [6, 6.07) is 8.88. The third-order valence-electron chi connectivity index (χ3n) is 3.58. The van der Waals surface area contributed by atoms with Gasteiger partial charge in [0, 0.05) is 31.8 Å². The van der Waals surface area contributed by atoms with Crippen molar-refractivity contribution < 1.29 is 13.3 Å². The topological polar surface area (TPSA) is 107 Å². The van der Waals surface area contributed by atoms with Crippen molar-refractivity contribution >= 4 is 38.9 Å². The monoisotopic (exact) mass is 403 g/mol. The first-order chi connectivity index (χ1) is 11.6. The molecule has 25 heavy (non-hydrogen) atoms. The molecule has 0 spiro atoms. The van der Waals surface area contributed by atoms with Crippen LogP contribution in [-0.2, 0) is 10.0 Å². The summed E-state index contributed by atoms with van der Waals surface area (Å²) in [5.41, 5.74) is 6.51. The van der Waals surface area contributed by atoms with Crippen LogP contribution < -0.4 is 5.73 Å². The maximum absolute atomic E-state index is 12.6. The number of benzene rings is 2. The molecule has 2 aromatic carbocycles. The van der Waals surface area contributed by atoms with Crippen LogP contribution in [0.3, 0.4) is 0 Å². The lowest BCUT2D eigenvalue weighted by molar-refractivity contribution is -0.384. The maximum atomic E-state index is 12.6. The highest BCUT2D eigenvalue weighted by Crippen LogP contribution is 2.26. The van der Waals surface area contributed by atoms with Crippen molar-refractivity contribution in [3.8, 4) is 0 Å². The third-order valence-corrected chi connectivity index (χ3v) is 6.16. The van der Waals surface area contributed by atoms with E-state index in [0.717, 1.165) is 16.4 Å². The predicted octanol–water partition coefficient (Wildman–Crippen LogP) is 3.22. The zero-order chi connectivity index (χ0) is 18.8. The van der Waals surface area contributed by atoms with Gasteiger partial charge in [-0.05, 0) is 29.8 Å². The van der Waals surface area contributed by atoms with Gasteiger partial charge in [-0.25, -0.2) is 8.42 Å². The molecule has 7 nitrogen and oxygen atoms in total. The Morgan fingerprint density at radius 3 is 2.28 bits per heavy atom. The first-order valence-corrected chi connectivity index (χ1v) is 9.24. The summed E-state index contributed by atoms with van der Waals surface area (Å²) in [6.07, 6.45) is 0. The molecular formula is C15H15Cl2N3O4S. The molecular weight excluding hydrogens is 389 g/mol. The normalized spacial score (nSPS) is 13.0. The Balaban J connectivity index is 2.18. The van der Waals surface area contributed by atoms with Gasteiger partial charge in [0.15, 0.2) is 0 Å². The number of rotatable bonds is 6. The summed E-state index contributed by atoms with van der Waals surface area (Å²) in [7, 11) is -2.45. The van der Waals surface area contributed by atoms with Crippen LogP contribution >= 0.6 is 23.2 Å². The molecule has 2 N–H and O–H groups in total. The molecule has 10 heteroatoms.